The monoisotopic (exact) mass is 351 g/mol. The predicted octanol–water partition coefficient (Wildman–Crippen LogP) is 1.23. The van der Waals surface area contributed by atoms with Crippen molar-refractivity contribution in [2.45, 2.75) is 26.4 Å². The Morgan fingerprint density at radius 1 is 1.35 bits per heavy atom. The maximum Gasteiger partial charge on any atom is 0.269 e. The van der Waals surface area contributed by atoms with Crippen LogP contribution in [0.15, 0.2) is 35.0 Å². The number of carbonyl (C=O) groups is 1. The van der Waals surface area contributed by atoms with E-state index in [1.54, 1.807) is 44.3 Å². The molecule has 1 amide bonds. The van der Waals surface area contributed by atoms with Gasteiger partial charge in [-0.2, -0.15) is 5.10 Å². The van der Waals surface area contributed by atoms with E-state index in [1.807, 2.05) is 0 Å². The molecule has 3 rings (SSSR count). The highest BCUT2D eigenvalue weighted by molar-refractivity contribution is 5.90. The van der Waals surface area contributed by atoms with Gasteiger partial charge in [-0.25, -0.2) is 9.67 Å². The molecule has 26 heavy (non-hydrogen) atoms. The fraction of sp³-hybridized carbons (Fsp3) is 0.222. The smallest absolute Gasteiger partial charge is 0.269 e. The predicted molar refractivity (Wildman–Crippen MR) is 92.3 cm³/mol. The van der Waals surface area contributed by atoms with Crippen molar-refractivity contribution in [2.24, 2.45) is 5.73 Å². The van der Waals surface area contributed by atoms with E-state index in [0.717, 1.165) is 0 Å². The van der Waals surface area contributed by atoms with Crippen LogP contribution in [-0.4, -0.2) is 30.9 Å². The Labute approximate surface area is 149 Å². The van der Waals surface area contributed by atoms with Gasteiger partial charge in [-0.15, -0.1) is 0 Å². The van der Waals surface area contributed by atoms with Gasteiger partial charge in [0.05, 0.1) is 0 Å². The lowest BCUT2D eigenvalue weighted by Crippen LogP contribution is -2.18. The third-order valence-electron chi connectivity index (χ3n) is 3.68. The quantitative estimate of drug-likeness (QED) is 0.685. The summed E-state index contributed by atoms with van der Waals surface area (Å²) in [6.07, 6.45) is 1.57. The molecule has 1 atom stereocenters. The molecule has 3 heterocycles. The maximum absolute atomic E-state index is 11.3. The van der Waals surface area contributed by atoms with Gasteiger partial charge >= 0.3 is 0 Å². The average Bonchev–Trinajstić information content (AvgIpc) is 3.20. The molecule has 0 aliphatic rings. The molecule has 3 aromatic heterocycles. The van der Waals surface area contributed by atoms with Crippen molar-refractivity contribution < 1.29 is 14.4 Å². The zero-order valence-electron chi connectivity index (χ0n) is 14.5. The Morgan fingerprint density at radius 2 is 2.12 bits per heavy atom. The molecule has 0 saturated carbocycles. The van der Waals surface area contributed by atoms with Crippen molar-refractivity contribution in [2.75, 3.05) is 0 Å². The number of amides is 1. The van der Waals surface area contributed by atoms with Crippen LogP contribution < -0.4 is 5.73 Å². The molecule has 8 nitrogen and oxygen atoms in total. The first-order chi connectivity index (χ1) is 12.3. The molecule has 0 aliphatic heterocycles. The Balaban J connectivity index is 1.93. The van der Waals surface area contributed by atoms with Gasteiger partial charge in [0.1, 0.15) is 11.5 Å². The summed E-state index contributed by atoms with van der Waals surface area (Å²) in [4.78, 5) is 15.5. The molecule has 3 aromatic rings. The zero-order valence-corrected chi connectivity index (χ0v) is 14.5. The number of aliphatic hydroxyl groups is 1. The second-order valence-electron chi connectivity index (χ2n) is 5.99. The summed E-state index contributed by atoms with van der Waals surface area (Å²) in [5, 5.41) is 18.4. The molecule has 0 aliphatic carbocycles. The number of hydrogen-bond donors (Lipinski definition) is 2. The van der Waals surface area contributed by atoms with Gasteiger partial charge < -0.3 is 15.4 Å². The van der Waals surface area contributed by atoms with E-state index in [0.29, 0.717) is 28.5 Å². The van der Waals surface area contributed by atoms with Crippen LogP contribution in [-0.2, 0) is 5.60 Å². The number of nitrogens with two attached hydrogens (primary N) is 1. The summed E-state index contributed by atoms with van der Waals surface area (Å²) < 4.78 is 6.48. The average molecular weight is 351 g/mol. The summed E-state index contributed by atoms with van der Waals surface area (Å²) in [5.41, 5.74) is 5.62. The molecule has 8 heteroatoms. The van der Waals surface area contributed by atoms with Gasteiger partial charge in [0.15, 0.2) is 17.1 Å². The molecular weight excluding hydrogens is 334 g/mol. The van der Waals surface area contributed by atoms with E-state index in [9.17, 15) is 9.90 Å². The number of carbonyl (C=O) groups excluding carboxylic acids is 1. The number of rotatable bonds is 3. The second-order valence-corrected chi connectivity index (χ2v) is 5.99. The lowest BCUT2D eigenvalue weighted by molar-refractivity contribution is 0.0995. The molecule has 0 aromatic carbocycles. The van der Waals surface area contributed by atoms with Crippen molar-refractivity contribution in [1.82, 2.24) is 19.9 Å². The molecule has 0 bridgehead atoms. The first-order valence-electron chi connectivity index (χ1n) is 7.78. The van der Waals surface area contributed by atoms with Crippen molar-refractivity contribution in [1.29, 1.82) is 0 Å². The number of pyridine rings is 1. The van der Waals surface area contributed by atoms with Crippen LogP contribution in [0.5, 0.6) is 0 Å². The fourth-order valence-corrected chi connectivity index (χ4v) is 2.29. The summed E-state index contributed by atoms with van der Waals surface area (Å²) in [5.74, 6) is 6.14. The molecule has 0 radical (unpaired) electrons. The molecule has 0 spiro atoms. The maximum atomic E-state index is 11.3. The SMILES string of the molecule is Cc1cc(C(C)(O)C#Cc2ccnc(-n3nc(C(N)=O)cc3C)c2)no1. The van der Waals surface area contributed by atoms with Crippen LogP contribution in [0, 0.1) is 25.7 Å². The second kappa shape index (κ2) is 6.46. The first kappa shape index (κ1) is 17.4. The van der Waals surface area contributed by atoms with Crippen molar-refractivity contribution in [3.05, 3.63) is 58.9 Å². The van der Waals surface area contributed by atoms with E-state index in [4.69, 9.17) is 10.3 Å². The highest BCUT2D eigenvalue weighted by atomic mass is 16.5. The zero-order chi connectivity index (χ0) is 18.9. The largest absolute Gasteiger partial charge is 0.372 e. The molecule has 1 unspecified atom stereocenters. The standard InChI is InChI=1S/C18H17N5O3/c1-11-8-14(17(19)24)21-23(11)16-10-13(5-7-20-16)4-6-18(3,25)15-9-12(2)26-22-15/h5,7-10,25H,1-3H3,(H2,19,24). The normalized spacial score (nSPS) is 12.9. The first-order valence-corrected chi connectivity index (χ1v) is 7.78. The molecule has 132 valence electrons. The minimum atomic E-state index is -1.46. The van der Waals surface area contributed by atoms with E-state index < -0.39 is 11.5 Å². The Kier molecular flexibility index (Phi) is 4.32. The number of aromatic nitrogens is 4. The number of aryl methyl sites for hydroxylation is 2. The summed E-state index contributed by atoms with van der Waals surface area (Å²) in [6.45, 7) is 5.06. The van der Waals surface area contributed by atoms with E-state index in [2.05, 4.69) is 27.1 Å². The number of hydrogen-bond acceptors (Lipinski definition) is 6. The van der Waals surface area contributed by atoms with Gasteiger partial charge in [-0.1, -0.05) is 17.0 Å². The third-order valence-corrected chi connectivity index (χ3v) is 3.68. The highest BCUT2D eigenvalue weighted by Gasteiger charge is 2.24. The highest BCUT2D eigenvalue weighted by Crippen LogP contribution is 2.19. The summed E-state index contributed by atoms with van der Waals surface area (Å²) in [6, 6.07) is 6.61. The van der Waals surface area contributed by atoms with Crippen LogP contribution in [0.2, 0.25) is 0 Å². The minimum Gasteiger partial charge on any atom is -0.372 e. The molecular formula is C18H17N5O3. The lowest BCUT2D eigenvalue weighted by atomic mass is 10.0. The van der Waals surface area contributed by atoms with Gasteiger partial charge in [0.2, 0.25) is 0 Å². The lowest BCUT2D eigenvalue weighted by Gasteiger charge is -2.11. The van der Waals surface area contributed by atoms with E-state index >= 15 is 0 Å². The van der Waals surface area contributed by atoms with Crippen molar-refractivity contribution >= 4 is 5.91 Å². The van der Waals surface area contributed by atoms with Gasteiger partial charge in [-0.05, 0) is 39.0 Å². The van der Waals surface area contributed by atoms with Crippen LogP contribution in [0.25, 0.3) is 5.82 Å². The van der Waals surface area contributed by atoms with Crippen LogP contribution >= 0.6 is 0 Å². The van der Waals surface area contributed by atoms with Crippen molar-refractivity contribution in [3.8, 4) is 17.7 Å². The van der Waals surface area contributed by atoms with Gasteiger partial charge in [0.25, 0.3) is 5.91 Å². The molecule has 0 fully saturated rings. The minimum absolute atomic E-state index is 0.158. The summed E-state index contributed by atoms with van der Waals surface area (Å²) >= 11 is 0. The fourth-order valence-electron chi connectivity index (χ4n) is 2.29. The summed E-state index contributed by atoms with van der Waals surface area (Å²) in [7, 11) is 0. The van der Waals surface area contributed by atoms with E-state index in [1.165, 1.54) is 11.6 Å². The third kappa shape index (κ3) is 3.48. The van der Waals surface area contributed by atoms with Crippen LogP contribution in [0.3, 0.4) is 0 Å². The Hall–Kier alpha value is -3.44. The molecule has 0 saturated heterocycles. The number of primary amides is 1. The van der Waals surface area contributed by atoms with Gasteiger partial charge in [0, 0.05) is 23.5 Å². The molecule has 3 N–H and O–H groups in total. The van der Waals surface area contributed by atoms with E-state index in [-0.39, 0.29) is 5.69 Å². The topological polar surface area (TPSA) is 120 Å². The van der Waals surface area contributed by atoms with Crippen LogP contribution in [0.4, 0.5) is 0 Å². The number of nitrogens with zero attached hydrogens (tertiary/aromatic N) is 4. The van der Waals surface area contributed by atoms with Crippen LogP contribution in [0.1, 0.15) is 40.1 Å². The Morgan fingerprint density at radius 3 is 2.73 bits per heavy atom. The van der Waals surface area contributed by atoms with Crippen molar-refractivity contribution in [3.63, 3.8) is 0 Å². The Bertz CT molecular complexity index is 1040. The van der Waals surface area contributed by atoms with Gasteiger partial charge in [-0.3, -0.25) is 4.79 Å².